The van der Waals surface area contributed by atoms with E-state index in [2.05, 4.69) is 5.32 Å². The van der Waals surface area contributed by atoms with Crippen LogP contribution in [0.25, 0.3) is 0 Å². The topological polar surface area (TPSA) is 73.9 Å². The summed E-state index contributed by atoms with van der Waals surface area (Å²) in [4.78, 5) is 23.9. The van der Waals surface area contributed by atoms with E-state index in [-0.39, 0.29) is 12.7 Å². The molecule has 0 saturated heterocycles. The van der Waals surface area contributed by atoms with Crippen LogP contribution in [0.15, 0.2) is 48.5 Å². The van der Waals surface area contributed by atoms with E-state index in [1.54, 1.807) is 55.6 Å². The maximum atomic E-state index is 12.0. The lowest BCUT2D eigenvalue weighted by atomic mass is 10.1. The number of benzene rings is 2. The van der Waals surface area contributed by atoms with Crippen molar-refractivity contribution in [3.05, 3.63) is 59.7 Å². The summed E-state index contributed by atoms with van der Waals surface area (Å²) in [6.07, 6.45) is 0.142. The molecule has 0 aliphatic heterocycles. The minimum Gasteiger partial charge on any atom is -0.497 e. The lowest BCUT2D eigenvalue weighted by Crippen LogP contribution is -2.20. The predicted octanol–water partition coefficient (Wildman–Crippen LogP) is 3.42. The minimum absolute atomic E-state index is 0.142. The summed E-state index contributed by atoms with van der Waals surface area (Å²) in [6.45, 7) is 4.05. The highest BCUT2D eigenvalue weighted by Crippen LogP contribution is 2.15. The van der Waals surface area contributed by atoms with Crippen molar-refractivity contribution in [2.24, 2.45) is 0 Å². The van der Waals surface area contributed by atoms with E-state index in [9.17, 15) is 9.59 Å². The number of hydrogen-bond acceptors (Lipinski definition) is 5. The fourth-order valence-corrected chi connectivity index (χ4v) is 2.09. The highest BCUT2D eigenvalue weighted by atomic mass is 16.5. The fraction of sp³-hybridized carbons (Fsp3) is 0.300. The monoisotopic (exact) mass is 357 g/mol. The first kappa shape index (κ1) is 19.5. The lowest BCUT2D eigenvalue weighted by molar-refractivity contribution is -0.119. The van der Waals surface area contributed by atoms with Gasteiger partial charge >= 0.3 is 5.97 Å². The van der Waals surface area contributed by atoms with Crippen LogP contribution in [0.3, 0.4) is 0 Å². The van der Waals surface area contributed by atoms with Gasteiger partial charge in [-0.05, 0) is 55.8 Å². The van der Waals surface area contributed by atoms with Crippen LogP contribution >= 0.6 is 0 Å². The highest BCUT2D eigenvalue weighted by Gasteiger charge is 2.10. The quantitative estimate of drug-likeness (QED) is 0.733. The van der Waals surface area contributed by atoms with Crippen LogP contribution in [0, 0.1) is 0 Å². The molecular formula is C20H23NO5. The smallest absolute Gasteiger partial charge is 0.338 e. The Bertz CT molecular complexity index is 723. The van der Waals surface area contributed by atoms with Gasteiger partial charge in [-0.3, -0.25) is 4.79 Å². The standard InChI is InChI=1S/C20H23NO5/c1-14(2)25-12-15-4-6-16(7-5-15)20(23)26-13-19(22)21-17-8-10-18(24-3)11-9-17/h4-11,14H,12-13H2,1-3H3,(H,21,22). The first-order chi connectivity index (χ1) is 12.5. The lowest BCUT2D eigenvalue weighted by Gasteiger charge is -2.09. The van der Waals surface area contributed by atoms with Gasteiger partial charge < -0.3 is 19.5 Å². The van der Waals surface area contributed by atoms with Gasteiger partial charge in [0, 0.05) is 5.69 Å². The third kappa shape index (κ3) is 6.22. The van der Waals surface area contributed by atoms with Gasteiger partial charge in [-0.15, -0.1) is 0 Å². The molecule has 2 aromatic rings. The van der Waals surface area contributed by atoms with Crippen molar-refractivity contribution in [1.29, 1.82) is 0 Å². The van der Waals surface area contributed by atoms with Gasteiger partial charge in [0.05, 0.1) is 25.4 Å². The number of ether oxygens (including phenoxy) is 3. The number of hydrogen-bond donors (Lipinski definition) is 1. The van der Waals surface area contributed by atoms with Crippen LogP contribution in [0.5, 0.6) is 5.75 Å². The van der Waals surface area contributed by atoms with E-state index in [1.165, 1.54) is 0 Å². The summed E-state index contributed by atoms with van der Waals surface area (Å²) in [5.41, 5.74) is 1.95. The van der Waals surface area contributed by atoms with Crippen LogP contribution in [-0.2, 0) is 20.9 Å². The second kappa shape index (κ2) is 9.58. The Balaban J connectivity index is 1.80. The van der Waals surface area contributed by atoms with Crippen molar-refractivity contribution in [3.63, 3.8) is 0 Å². The Morgan fingerprint density at radius 1 is 1.00 bits per heavy atom. The van der Waals surface area contributed by atoms with Gasteiger partial charge in [-0.2, -0.15) is 0 Å². The molecule has 138 valence electrons. The van der Waals surface area contributed by atoms with E-state index in [0.717, 1.165) is 5.56 Å². The fourth-order valence-electron chi connectivity index (χ4n) is 2.09. The number of carbonyl (C=O) groups excluding carboxylic acids is 2. The average molecular weight is 357 g/mol. The first-order valence-electron chi connectivity index (χ1n) is 8.29. The Morgan fingerprint density at radius 3 is 2.23 bits per heavy atom. The second-order valence-corrected chi connectivity index (χ2v) is 5.91. The molecule has 0 fully saturated rings. The highest BCUT2D eigenvalue weighted by molar-refractivity contribution is 5.95. The van der Waals surface area contributed by atoms with Gasteiger partial charge in [-0.1, -0.05) is 12.1 Å². The number of carbonyl (C=O) groups is 2. The van der Waals surface area contributed by atoms with Gasteiger partial charge in [0.25, 0.3) is 5.91 Å². The van der Waals surface area contributed by atoms with Gasteiger partial charge in [0.15, 0.2) is 6.61 Å². The maximum absolute atomic E-state index is 12.0. The number of amides is 1. The molecule has 0 saturated carbocycles. The molecule has 0 unspecified atom stereocenters. The molecule has 0 heterocycles. The minimum atomic E-state index is -0.550. The predicted molar refractivity (Wildman–Crippen MR) is 98.3 cm³/mol. The van der Waals surface area contributed by atoms with E-state index in [0.29, 0.717) is 23.6 Å². The molecule has 2 rings (SSSR count). The first-order valence-corrected chi connectivity index (χ1v) is 8.29. The van der Waals surface area contributed by atoms with E-state index < -0.39 is 11.9 Å². The summed E-state index contributed by atoms with van der Waals surface area (Å²) in [6, 6.07) is 13.8. The Morgan fingerprint density at radius 2 is 1.65 bits per heavy atom. The summed E-state index contributed by atoms with van der Waals surface area (Å²) in [7, 11) is 1.57. The van der Waals surface area contributed by atoms with Crippen molar-refractivity contribution >= 4 is 17.6 Å². The average Bonchev–Trinajstić information content (AvgIpc) is 2.65. The third-order valence-electron chi connectivity index (χ3n) is 3.48. The normalized spacial score (nSPS) is 10.5. The second-order valence-electron chi connectivity index (χ2n) is 5.91. The number of methoxy groups -OCH3 is 1. The zero-order chi connectivity index (χ0) is 18.9. The number of anilines is 1. The molecule has 0 atom stereocenters. The van der Waals surface area contributed by atoms with Crippen LogP contribution in [0.2, 0.25) is 0 Å². The molecule has 1 N–H and O–H groups in total. The summed E-state index contributed by atoms with van der Waals surface area (Å²) < 4.78 is 15.6. The largest absolute Gasteiger partial charge is 0.497 e. The van der Waals surface area contributed by atoms with Crippen molar-refractivity contribution in [2.75, 3.05) is 19.0 Å². The molecular weight excluding hydrogens is 334 g/mol. The molecule has 1 amide bonds. The van der Waals surface area contributed by atoms with Gasteiger partial charge in [0.1, 0.15) is 5.75 Å². The number of nitrogens with one attached hydrogen (secondary N) is 1. The van der Waals surface area contributed by atoms with Crippen LogP contribution in [-0.4, -0.2) is 31.7 Å². The summed E-state index contributed by atoms with van der Waals surface area (Å²) in [5, 5.41) is 2.65. The molecule has 0 aliphatic carbocycles. The Hall–Kier alpha value is -2.86. The summed E-state index contributed by atoms with van der Waals surface area (Å²) >= 11 is 0. The van der Waals surface area contributed by atoms with Crippen LogP contribution < -0.4 is 10.1 Å². The van der Waals surface area contributed by atoms with Gasteiger partial charge in [-0.25, -0.2) is 4.79 Å². The van der Waals surface area contributed by atoms with Crippen molar-refractivity contribution < 1.29 is 23.8 Å². The van der Waals surface area contributed by atoms with Crippen molar-refractivity contribution in [3.8, 4) is 5.75 Å². The Labute approximate surface area is 153 Å². The molecule has 0 radical (unpaired) electrons. The number of rotatable bonds is 8. The molecule has 2 aromatic carbocycles. The van der Waals surface area contributed by atoms with Crippen molar-refractivity contribution in [2.45, 2.75) is 26.6 Å². The van der Waals surface area contributed by atoms with Crippen molar-refractivity contribution in [1.82, 2.24) is 0 Å². The molecule has 6 nitrogen and oxygen atoms in total. The third-order valence-corrected chi connectivity index (χ3v) is 3.48. The number of esters is 1. The Kier molecular flexibility index (Phi) is 7.17. The molecule has 0 bridgehead atoms. The zero-order valence-electron chi connectivity index (χ0n) is 15.2. The molecule has 6 heteroatoms. The van der Waals surface area contributed by atoms with E-state index >= 15 is 0 Å². The molecule has 26 heavy (non-hydrogen) atoms. The molecule has 0 aliphatic rings. The summed E-state index contributed by atoms with van der Waals surface area (Å²) in [5.74, 6) is -0.270. The van der Waals surface area contributed by atoms with Crippen LogP contribution in [0.4, 0.5) is 5.69 Å². The van der Waals surface area contributed by atoms with Crippen LogP contribution in [0.1, 0.15) is 29.8 Å². The molecule has 0 aromatic heterocycles. The SMILES string of the molecule is COc1ccc(NC(=O)COC(=O)c2ccc(COC(C)C)cc2)cc1. The van der Waals surface area contributed by atoms with Gasteiger partial charge in [0.2, 0.25) is 0 Å². The van der Waals surface area contributed by atoms with E-state index in [1.807, 2.05) is 13.8 Å². The van der Waals surface area contributed by atoms with E-state index in [4.69, 9.17) is 14.2 Å². The maximum Gasteiger partial charge on any atom is 0.338 e. The zero-order valence-corrected chi connectivity index (χ0v) is 15.2. The molecule has 0 spiro atoms.